The van der Waals surface area contributed by atoms with Gasteiger partial charge in [-0.15, -0.1) is 6.58 Å². The quantitative estimate of drug-likeness (QED) is 0.797. The molecule has 1 aliphatic rings. The number of nitrogens with zero attached hydrogens (tertiary/aromatic N) is 1. The molecular formula is C15H19NO3S. The molecule has 0 saturated heterocycles. The molecule has 2 rings (SSSR count). The van der Waals surface area contributed by atoms with E-state index in [0.29, 0.717) is 0 Å². The molecule has 2 atom stereocenters. The lowest BCUT2D eigenvalue weighted by Gasteiger charge is -2.25. The van der Waals surface area contributed by atoms with Gasteiger partial charge < -0.3 is 4.90 Å². The standard InChI is InChI=1S/C15H19NO3S/c1-4-9-20(18,19)12(3)15(17)16-11(2)10-13-7-5-6-8-14(13)16/h4-8,11-12H,1,9-10H2,2-3H3. The number of para-hydroxylation sites is 1. The first-order chi connectivity index (χ1) is 9.38. The van der Waals surface area contributed by atoms with Crippen molar-refractivity contribution in [3.63, 3.8) is 0 Å². The Balaban J connectivity index is 2.32. The summed E-state index contributed by atoms with van der Waals surface area (Å²) in [6, 6.07) is 7.62. The number of fused-ring (bicyclic) bond motifs is 1. The molecule has 5 heteroatoms. The summed E-state index contributed by atoms with van der Waals surface area (Å²) in [7, 11) is -3.48. The SMILES string of the molecule is C=CCS(=O)(=O)C(C)C(=O)N1c2ccccc2CC1C. The van der Waals surface area contributed by atoms with E-state index in [1.807, 2.05) is 31.2 Å². The first kappa shape index (κ1) is 14.8. The van der Waals surface area contributed by atoms with Gasteiger partial charge in [-0.2, -0.15) is 0 Å². The van der Waals surface area contributed by atoms with Crippen LogP contribution in [-0.2, 0) is 21.1 Å². The number of hydrogen-bond acceptors (Lipinski definition) is 3. The van der Waals surface area contributed by atoms with Gasteiger partial charge in [0.1, 0.15) is 5.25 Å². The predicted octanol–water partition coefficient (Wildman–Crippen LogP) is 1.95. The predicted molar refractivity (Wildman–Crippen MR) is 80.5 cm³/mol. The first-order valence-electron chi connectivity index (χ1n) is 6.62. The topological polar surface area (TPSA) is 54.5 Å². The van der Waals surface area contributed by atoms with Crippen molar-refractivity contribution in [3.05, 3.63) is 42.5 Å². The third-order valence-electron chi connectivity index (χ3n) is 3.68. The number of sulfone groups is 1. The lowest BCUT2D eigenvalue weighted by atomic mass is 10.1. The second-order valence-electron chi connectivity index (χ2n) is 5.15. The Labute approximate surface area is 120 Å². The Morgan fingerprint density at radius 1 is 1.50 bits per heavy atom. The summed E-state index contributed by atoms with van der Waals surface area (Å²) >= 11 is 0. The van der Waals surface area contributed by atoms with Crippen LogP contribution in [0, 0.1) is 0 Å². The molecule has 1 aromatic rings. The van der Waals surface area contributed by atoms with Crippen molar-refractivity contribution >= 4 is 21.4 Å². The molecule has 0 radical (unpaired) electrons. The van der Waals surface area contributed by atoms with Gasteiger partial charge in [0.2, 0.25) is 5.91 Å². The van der Waals surface area contributed by atoms with E-state index in [1.165, 1.54) is 13.0 Å². The van der Waals surface area contributed by atoms with Crippen LogP contribution in [0.25, 0.3) is 0 Å². The fraction of sp³-hybridized carbons (Fsp3) is 0.400. The fourth-order valence-electron chi connectivity index (χ4n) is 2.56. The maximum atomic E-state index is 12.6. The monoisotopic (exact) mass is 293 g/mol. The first-order valence-corrected chi connectivity index (χ1v) is 8.33. The molecule has 20 heavy (non-hydrogen) atoms. The van der Waals surface area contributed by atoms with Crippen LogP contribution < -0.4 is 4.90 Å². The van der Waals surface area contributed by atoms with E-state index in [4.69, 9.17) is 0 Å². The zero-order valence-corrected chi connectivity index (χ0v) is 12.6. The van der Waals surface area contributed by atoms with Gasteiger partial charge in [0.25, 0.3) is 0 Å². The minimum Gasteiger partial charge on any atom is -0.308 e. The minimum absolute atomic E-state index is 0.0127. The van der Waals surface area contributed by atoms with Gasteiger partial charge in [0.05, 0.1) is 5.75 Å². The second kappa shape index (κ2) is 5.40. The number of rotatable bonds is 4. The van der Waals surface area contributed by atoms with Gasteiger partial charge in [-0.1, -0.05) is 24.3 Å². The van der Waals surface area contributed by atoms with Crippen LogP contribution >= 0.6 is 0 Å². The van der Waals surface area contributed by atoms with Gasteiger partial charge >= 0.3 is 0 Å². The van der Waals surface area contributed by atoms with Crippen molar-refractivity contribution in [3.8, 4) is 0 Å². The van der Waals surface area contributed by atoms with E-state index < -0.39 is 15.1 Å². The average Bonchev–Trinajstić information content (AvgIpc) is 2.72. The van der Waals surface area contributed by atoms with E-state index in [0.717, 1.165) is 17.7 Å². The average molecular weight is 293 g/mol. The van der Waals surface area contributed by atoms with E-state index in [-0.39, 0.29) is 17.7 Å². The molecule has 2 unspecified atom stereocenters. The smallest absolute Gasteiger partial charge is 0.245 e. The molecule has 0 N–H and O–H groups in total. The summed E-state index contributed by atoms with van der Waals surface area (Å²) in [6.45, 7) is 6.82. The van der Waals surface area contributed by atoms with Crippen LogP contribution in [0.5, 0.6) is 0 Å². The molecule has 1 amide bonds. The highest BCUT2D eigenvalue weighted by atomic mass is 32.2. The van der Waals surface area contributed by atoms with Crippen LogP contribution in [0.1, 0.15) is 19.4 Å². The molecule has 1 aromatic carbocycles. The third kappa shape index (κ3) is 2.50. The van der Waals surface area contributed by atoms with Gasteiger partial charge in [-0.25, -0.2) is 8.42 Å². The maximum absolute atomic E-state index is 12.6. The van der Waals surface area contributed by atoms with Crippen molar-refractivity contribution in [2.75, 3.05) is 10.7 Å². The van der Waals surface area contributed by atoms with E-state index in [2.05, 4.69) is 6.58 Å². The molecular weight excluding hydrogens is 274 g/mol. The number of hydrogen-bond donors (Lipinski definition) is 0. The Kier molecular flexibility index (Phi) is 3.99. The molecule has 1 aliphatic heterocycles. The normalized spacial score (nSPS) is 19.5. The zero-order valence-electron chi connectivity index (χ0n) is 11.7. The molecule has 0 spiro atoms. The highest BCUT2D eigenvalue weighted by Gasteiger charge is 2.37. The maximum Gasteiger partial charge on any atom is 0.245 e. The van der Waals surface area contributed by atoms with Gasteiger partial charge in [-0.05, 0) is 31.9 Å². The second-order valence-corrected chi connectivity index (χ2v) is 7.52. The molecule has 4 nitrogen and oxygen atoms in total. The Morgan fingerprint density at radius 2 is 2.15 bits per heavy atom. The number of anilines is 1. The molecule has 0 saturated carbocycles. The summed E-state index contributed by atoms with van der Waals surface area (Å²) < 4.78 is 24.1. The Bertz CT molecular complexity index is 636. The van der Waals surface area contributed by atoms with Crippen molar-refractivity contribution < 1.29 is 13.2 Å². The van der Waals surface area contributed by atoms with Gasteiger partial charge in [0, 0.05) is 11.7 Å². The molecule has 0 aliphatic carbocycles. The number of carbonyl (C=O) groups is 1. The molecule has 0 fully saturated rings. The lowest BCUT2D eigenvalue weighted by Crippen LogP contribution is -2.45. The summed E-state index contributed by atoms with van der Waals surface area (Å²) in [4.78, 5) is 14.2. The zero-order chi connectivity index (χ0) is 14.9. The van der Waals surface area contributed by atoms with E-state index >= 15 is 0 Å². The largest absolute Gasteiger partial charge is 0.308 e. The van der Waals surface area contributed by atoms with Crippen LogP contribution in [0.15, 0.2) is 36.9 Å². The Morgan fingerprint density at radius 3 is 2.80 bits per heavy atom. The van der Waals surface area contributed by atoms with Crippen molar-refractivity contribution in [2.45, 2.75) is 31.6 Å². The summed E-state index contributed by atoms with van der Waals surface area (Å²) in [6.07, 6.45) is 2.08. The highest BCUT2D eigenvalue weighted by molar-refractivity contribution is 7.92. The van der Waals surface area contributed by atoms with Crippen molar-refractivity contribution in [2.24, 2.45) is 0 Å². The third-order valence-corrected chi connectivity index (χ3v) is 5.66. The van der Waals surface area contributed by atoms with Crippen LogP contribution in [0.4, 0.5) is 5.69 Å². The summed E-state index contributed by atoms with van der Waals surface area (Å²) in [5.74, 6) is -0.534. The molecule has 1 heterocycles. The summed E-state index contributed by atoms with van der Waals surface area (Å²) in [5.41, 5.74) is 1.91. The lowest BCUT2D eigenvalue weighted by molar-refractivity contribution is -0.118. The van der Waals surface area contributed by atoms with Gasteiger partial charge in [0.15, 0.2) is 9.84 Å². The summed E-state index contributed by atoms with van der Waals surface area (Å²) in [5, 5.41) is -1.05. The molecule has 0 aromatic heterocycles. The van der Waals surface area contributed by atoms with Crippen LogP contribution in [-0.4, -0.2) is 31.4 Å². The van der Waals surface area contributed by atoms with Crippen LogP contribution in [0.2, 0.25) is 0 Å². The minimum atomic E-state index is -3.48. The molecule has 108 valence electrons. The highest BCUT2D eigenvalue weighted by Crippen LogP contribution is 2.32. The number of amides is 1. The van der Waals surface area contributed by atoms with E-state index in [1.54, 1.807) is 4.90 Å². The van der Waals surface area contributed by atoms with Gasteiger partial charge in [-0.3, -0.25) is 4.79 Å². The fourth-order valence-corrected chi connectivity index (χ4v) is 3.60. The Hall–Kier alpha value is -1.62. The number of benzene rings is 1. The van der Waals surface area contributed by atoms with Crippen molar-refractivity contribution in [1.29, 1.82) is 0 Å². The van der Waals surface area contributed by atoms with Crippen LogP contribution in [0.3, 0.4) is 0 Å². The van der Waals surface area contributed by atoms with E-state index in [9.17, 15) is 13.2 Å². The van der Waals surface area contributed by atoms with Crippen molar-refractivity contribution in [1.82, 2.24) is 0 Å². The number of carbonyl (C=O) groups excluding carboxylic acids is 1. The molecule has 0 bridgehead atoms.